The van der Waals surface area contributed by atoms with Crippen LogP contribution < -0.4 is 0 Å². The van der Waals surface area contributed by atoms with Gasteiger partial charge in [-0.25, -0.2) is 0 Å². The molecule has 0 aliphatic rings. The second-order valence-corrected chi connectivity index (χ2v) is 7.10. The van der Waals surface area contributed by atoms with E-state index in [9.17, 15) is 0 Å². The van der Waals surface area contributed by atoms with Gasteiger partial charge in [-0.05, 0) is 12.8 Å². The molecule has 12 heavy (non-hydrogen) atoms. The molecule has 6 heteroatoms. The fraction of sp³-hybridized carbons (Fsp3) is 1.00. The molecule has 0 atom stereocenters. The fourth-order valence-electron chi connectivity index (χ4n) is 0.443. The molecule has 0 unspecified atom stereocenters. The minimum absolute atomic E-state index is 0. The predicted molar refractivity (Wildman–Crippen MR) is 59.9 cm³/mol. The Labute approximate surface area is 103 Å². The maximum absolute atomic E-state index is 5.20. The molecule has 0 rings (SSSR count). The number of hydrogen-bond donors (Lipinski definition) is 0. The third-order valence-corrected chi connectivity index (χ3v) is 3.17. The van der Waals surface area contributed by atoms with Crippen molar-refractivity contribution in [3.63, 3.8) is 0 Å². The summed E-state index contributed by atoms with van der Waals surface area (Å²) >= 11 is 9.91. The molecule has 0 spiro atoms. The quantitative estimate of drug-likeness (QED) is 0.421. The van der Waals surface area contributed by atoms with Gasteiger partial charge in [-0.3, -0.25) is 0 Å². The van der Waals surface area contributed by atoms with Crippen molar-refractivity contribution < 1.29 is 9.05 Å². The van der Waals surface area contributed by atoms with Gasteiger partial charge in [-0.2, -0.15) is 0 Å². The van der Waals surface area contributed by atoms with Gasteiger partial charge < -0.3 is 21.3 Å². The Balaban J connectivity index is 0. The number of rotatable bonds is 6. The molecule has 0 saturated heterocycles. The summed E-state index contributed by atoms with van der Waals surface area (Å²) < 4.78 is 10.4. The Morgan fingerprint density at radius 1 is 1.17 bits per heavy atom. The second-order valence-electron chi connectivity index (χ2n) is 2.11. The first-order chi connectivity index (χ1) is 5.12. The van der Waals surface area contributed by atoms with E-state index in [2.05, 4.69) is 0 Å². The average Bonchev–Trinajstić information content (AvgIpc) is 1.97. The van der Waals surface area contributed by atoms with Crippen LogP contribution in [0.2, 0.25) is 0 Å². The van der Waals surface area contributed by atoms with Crippen LogP contribution in [0.15, 0.2) is 0 Å². The molecule has 0 aliphatic heterocycles. The van der Waals surface area contributed by atoms with Crippen LogP contribution in [-0.4, -0.2) is 37.6 Å². The zero-order valence-corrected chi connectivity index (χ0v) is 12.4. The van der Waals surface area contributed by atoms with Crippen molar-refractivity contribution in [1.29, 1.82) is 0 Å². The van der Waals surface area contributed by atoms with E-state index in [0.29, 0.717) is 13.2 Å². The molecule has 0 aliphatic carbocycles. The van der Waals surface area contributed by atoms with Gasteiger partial charge in [0, 0.05) is 24.4 Å². The maximum Gasteiger partial charge on any atom is 0.0563 e. The molecule has 73 valence electrons. The van der Waals surface area contributed by atoms with Gasteiger partial charge in [-0.1, -0.05) is 25.7 Å². The summed E-state index contributed by atoms with van der Waals surface area (Å²) in [6.45, 7) is 5.27. The first-order valence-corrected chi connectivity index (χ1v) is 7.37. The summed E-state index contributed by atoms with van der Waals surface area (Å²) in [5.41, 5.74) is -2.31. The largest absolute Gasteiger partial charge is 0.691 e. The zero-order chi connectivity index (χ0) is 8.74. The molecule has 0 heterocycles. The third-order valence-electron chi connectivity index (χ3n) is 0.907. The summed E-state index contributed by atoms with van der Waals surface area (Å²) in [5, 5.41) is 0. The van der Waals surface area contributed by atoms with Gasteiger partial charge >= 0.3 is 0 Å². The van der Waals surface area contributed by atoms with Crippen LogP contribution in [0, 0.1) is 0 Å². The molecule has 3 radical (unpaired) electrons. The van der Waals surface area contributed by atoms with E-state index in [-0.39, 0.29) is 24.4 Å². The Kier molecular flexibility index (Phi) is 12.5. The molecule has 0 amide bonds. The standard InChI is InChI=1S/C6H15O2PS2.Sb/c1-3-5-7-9(10,11)8-6-4-2;/h3-6H2,1-2H3,(H,10,11);/p-1. The SMILES string of the molecule is CCCOP(=S)([S-])OCCC.[Sb]. The van der Waals surface area contributed by atoms with Gasteiger partial charge in [0.2, 0.25) is 0 Å². The summed E-state index contributed by atoms with van der Waals surface area (Å²) in [5.74, 6) is 0. The predicted octanol–water partition coefficient (Wildman–Crippen LogP) is 2.23. The van der Waals surface area contributed by atoms with Gasteiger partial charge in [0.1, 0.15) is 0 Å². The zero-order valence-electron chi connectivity index (χ0n) is 7.36. The second kappa shape index (κ2) is 9.30. The molecule has 0 aromatic rings. The molecular formula is C6H14O2PS2Sb-. The smallest absolute Gasteiger partial charge is 0.0563 e. The van der Waals surface area contributed by atoms with E-state index in [4.69, 9.17) is 33.1 Å². The van der Waals surface area contributed by atoms with Crippen LogP contribution in [0.4, 0.5) is 0 Å². The van der Waals surface area contributed by atoms with Crippen molar-refractivity contribution in [2.24, 2.45) is 0 Å². The Bertz CT molecular complexity index is 134. The number of hydrogen-bond acceptors (Lipinski definition) is 4. The van der Waals surface area contributed by atoms with Crippen molar-refractivity contribution >= 4 is 54.2 Å². The van der Waals surface area contributed by atoms with Crippen LogP contribution in [0.25, 0.3) is 0 Å². The van der Waals surface area contributed by atoms with Crippen LogP contribution in [0.3, 0.4) is 0 Å². The van der Waals surface area contributed by atoms with E-state index in [0.717, 1.165) is 12.8 Å². The molecule has 0 saturated carbocycles. The first-order valence-electron chi connectivity index (χ1n) is 3.72. The summed E-state index contributed by atoms with van der Waals surface area (Å²) in [6, 6.07) is 0. The van der Waals surface area contributed by atoms with Crippen LogP contribution in [-0.2, 0) is 33.1 Å². The van der Waals surface area contributed by atoms with E-state index in [1.807, 2.05) is 13.8 Å². The summed E-state index contributed by atoms with van der Waals surface area (Å²) in [4.78, 5) is 0. The van der Waals surface area contributed by atoms with Crippen LogP contribution in [0.5, 0.6) is 0 Å². The Hall–Kier alpha value is 1.74. The van der Waals surface area contributed by atoms with Crippen molar-refractivity contribution in [2.75, 3.05) is 13.2 Å². The van der Waals surface area contributed by atoms with Crippen molar-refractivity contribution in [3.05, 3.63) is 0 Å². The molecule has 0 bridgehead atoms. The van der Waals surface area contributed by atoms with Crippen LogP contribution >= 0.6 is 5.69 Å². The monoisotopic (exact) mass is 334 g/mol. The fourth-order valence-corrected chi connectivity index (χ4v) is 2.22. The van der Waals surface area contributed by atoms with E-state index < -0.39 is 5.69 Å². The van der Waals surface area contributed by atoms with Gasteiger partial charge in [0.05, 0.1) is 18.9 Å². The van der Waals surface area contributed by atoms with Gasteiger partial charge in [0.15, 0.2) is 0 Å². The topological polar surface area (TPSA) is 18.5 Å². The third kappa shape index (κ3) is 9.82. The van der Waals surface area contributed by atoms with Gasteiger partial charge in [-0.15, -0.1) is 0 Å². The summed E-state index contributed by atoms with van der Waals surface area (Å²) in [6.07, 6.45) is 1.87. The Morgan fingerprint density at radius 3 is 1.75 bits per heavy atom. The molecule has 0 aromatic carbocycles. The van der Waals surface area contributed by atoms with E-state index in [1.165, 1.54) is 0 Å². The minimum Gasteiger partial charge on any atom is -0.691 e. The molecule has 0 fully saturated rings. The van der Waals surface area contributed by atoms with Gasteiger partial charge in [0.25, 0.3) is 0 Å². The maximum atomic E-state index is 5.20. The van der Waals surface area contributed by atoms with Crippen molar-refractivity contribution in [1.82, 2.24) is 0 Å². The van der Waals surface area contributed by atoms with E-state index in [1.54, 1.807) is 0 Å². The molecule has 2 nitrogen and oxygen atoms in total. The molecule has 0 aromatic heterocycles. The summed E-state index contributed by atoms with van der Waals surface area (Å²) in [7, 11) is 0. The van der Waals surface area contributed by atoms with Crippen LogP contribution in [0.1, 0.15) is 26.7 Å². The average molecular weight is 335 g/mol. The van der Waals surface area contributed by atoms with Crippen molar-refractivity contribution in [3.8, 4) is 0 Å². The van der Waals surface area contributed by atoms with E-state index >= 15 is 0 Å². The van der Waals surface area contributed by atoms with Crippen molar-refractivity contribution in [2.45, 2.75) is 26.7 Å². The molecular weight excluding hydrogens is 321 g/mol. The Morgan fingerprint density at radius 2 is 1.50 bits per heavy atom. The minimum atomic E-state index is -2.31. The molecule has 0 N–H and O–H groups in total. The normalized spacial score (nSPS) is 10.9. The first kappa shape index (κ1) is 16.2.